The second-order valence-electron chi connectivity index (χ2n) is 5.56. The third-order valence-corrected chi connectivity index (χ3v) is 5.10. The first-order valence-corrected chi connectivity index (χ1v) is 7.85. The fraction of sp³-hybridized carbons (Fsp3) is 0.714. The fourth-order valence-corrected chi connectivity index (χ4v) is 3.69. The first-order chi connectivity index (χ1) is 9.57. The second kappa shape index (κ2) is 6.65. The van der Waals surface area contributed by atoms with Crippen molar-refractivity contribution in [3.05, 3.63) is 16.1 Å². The highest BCUT2D eigenvalue weighted by Crippen LogP contribution is 2.34. The number of aromatic nitrogens is 1. The van der Waals surface area contributed by atoms with Gasteiger partial charge in [-0.2, -0.15) is 0 Å². The number of thiazole rings is 1. The first-order valence-electron chi connectivity index (χ1n) is 6.97. The van der Waals surface area contributed by atoms with Gasteiger partial charge < -0.3 is 10.5 Å². The molecule has 1 amide bonds. The molecule has 1 unspecified atom stereocenters. The van der Waals surface area contributed by atoms with Crippen molar-refractivity contribution in [3.8, 4) is 0 Å². The van der Waals surface area contributed by atoms with E-state index in [1.54, 1.807) is 18.4 Å². The summed E-state index contributed by atoms with van der Waals surface area (Å²) in [5.74, 6) is -0.194. The van der Waals surface area contributed by atoms with Gasteiger partial charge in [0.25, 0.3) is 0 Å². The smallest absolute Gasteiger partial charge is 0.225 e. The molecule has 0 bridgehead atoms. The molecule has 2 rings (SSSR count). The number of aryl methyl sites for hydroxylation is 1. The molecular formula is C14H23N3O2S. The van der Waals surface area contributed by atoms with Crippen LogP contribution in [0.4, 0.5) is 0 Å². The molecule has 2 N–H and O–H groups in total. The Morgan fingerprint density at radius 3 is 3.05 bits per heavy atom. The van der Waals surface area contributed by atoms with Crippen molar-refractivity contribution in [2.45, 2.75) is 32.7 Å². The normalized spacial score (nSPS) is 23.9. The summed E-state index contributed by atoms with van der Waals surface area (Å²) >= 11 is 1.68. The van der Waals surface area contributed by atoms with Crippen LogP contribution in [-0.2, 0) is 16.1 Å². The van der Waals surface area contributed by atoms with Crippen molar-refractivity contribution in [1.29, 1.82) is 0 Å². The number of likely N-dealkylation sites (tertiary alicyclic amines) is 1. The molecule has 2 heterocycles. The van der Waals surface area contributed by atoms with Gasteiger partial charge in [0, 0.05) is 31.7 Å². The zero-order valence-corrected chi connectivity index (χ0v) is 13.0. The molecule has 20 heavy (non-hydrogen) atoms. The Balaban J connectivity index is 2.05. The number of carbonyl (C=O) groups is 1. The molecule has 1 aromatic rings. The van der Waals surface area contributed by atoms with Crippen LogP contribution in [0.1, 0.15) is 29.8 Å². The van der Waals surface area contributed by atoms with Crippen molar-refractivity contribution in [2.75, 3.05) is 26.8 Å². The summed E-state index contributed by atoms with van der Waals surface area (Å²) in [7, 11) is 1.66. The van der Waals surface area contributed by atoms with Gasteiger partial charge in [-0.1, -0.05) is 0 Å². The van der Waals surface area contributed by atoms with E-state index in [2.05, 4.69) is 9.88 Å². The van der Waals surface area contributed by atoms with Crippen LogP contribution >= 0.6 is 11.3 Å². The third kappa shape index (κ3) is 3.37. The number of nitrogens with zero attached hydrogens (tertiary/aromatic N) is 2. The van der Waals surface area contributed by atoms with Crippen LogP contribution in [0, 0.1) is 12.3 Å². The summed E-state index contributed by atoms with van der Waals surface area (Å²) in [6.45, 7) is 5.21. The van der Waals surface area contributed by atoms with Crippen molar-refractivity contribution in [2.24, 2.45) is 11.1 Å². The number of ether oxygens (including phenoxy) is 1. The molecule has 1 aliphatic rings. The number of hydrogen-bond donors (Lipinski definition) is 1. The lowest BCUT2D eigenvalue weighted by Gasteiger charge is -2.40. The molecule has 1 saturated heterocycles. The van der Waals surface area contributed by atoms with Gasteiger partial charge in [-0.15, -0.1) is 11.3 Å². The van der Waals surface area contributed by atoms with Crippen LogP contribution < -0.4 is 5.73 Å². The van der Waals surface area contributed by atoms with Gasteiger partial charge in [0.05, 0.1) is 16.6 Å². The Hall–Kier alpha value is -0.980. The molecule has 1 aromatic heterocycles. The molecule has 0 saturated carbocycles. The maximum Gasteiger partial charge on any atom is 0.225 e. The van der Waals surface area contributed by atoms with Gasteiger partial charge in [-0.05, 0) is 32.7 Å². The molecule has 1 fully saturated rings. The summed E-state index contributed by atoms with van der Waals surface area (Å²) in [6, 6.07) is 0. The minimum absolute atomic E-state index is 0.194. The SMILES string of the molecule is COCCC1(C(N)=O)CCCN(Cc2scnc2C)C1. The van der Waals surface area contributed by atoms with Crippen molar-refractivity contribution in [1.82, 2.24) is 9.88 Å². The highest BCUT2D eigenvalue weighted by atomic mass is 32.1. The molecular weight excluding hydrogens is 274 g/mol. The predicted octanol–water partition coefficient (Wildman–Crippen LogP) is 1.56. The van der Waals surface area contributed by atoms with E-state index in [4.69, 9.17) is 10.5 Å². The fourth-order valence-electron chi connectivity index (χ4n) is 2.87. The zero-order valence-electron chi connectivity index (χ0n) is 12.2. The molecule has 6 heteroatoms. The van der Waals surface area contributed by atoms with Gasteiger partial charge in [0.15, 0.2) is 0 Å². The Kier molecular flexibility index (Phi) is 5.12. The Labute approximate surface area is 124 Å². The lowest BCUT2D eigenvalue weighted by atomic mass is 9.76. The minimum Gasteiger partial charge on any atom is -0.385 e. The van der Waals surface area contributed by atoms with Crippen LogP contribution in [0.5, 0.6) is 0 Å². The standard InChI is InChI=1S/C14H23N3O2S/c1-11-12(20-10-16-11)8-17-6-3-4-14(9-17,13(15)18)5-7-19-2/h10H,3-9H2,1-2H3,(H2,15,18). The summed E-state index contributed by atoms with van der Waals surface area (Å²) in [5.41, 5.74) is 8.20. The van der Waals surface area contributed by atoms with E-state index in [-0.39, 0.29) is 5.91 Å². The molecule has 1 atom stereocenters. The summed E-state index contributed by atoms with van der Waals surface area (Å²) in [5, 5.41) is 0. The monoisotopic (exact) mass is 297 g/mol. The quantitative estimate of drug-likeness (QED) is 0.865. The van der Waals surface area contributed by atoms with Crippen LogP contribution in [0.3, 0.4) is 0 Å². The maximum atomic E-state index is 11.9. The number of primary amides is 1. The van der Waals surface area contributed by atoms with E-state index in [0.29, 0.717) is 13.0 Å². The topological polar surface area (TPSA) is 68.5 Å². The van der Waals surface area contributed by atoms with E-state index >= 15 is 0 Å². The average Bonchev–Trinajstić information content (AvgIpc) is 2.82. The minimum atomic E-state index is -0.438. The van der Waals surface area contributed by atoms with Crippen molar-refractivity contribution >= 4 is 17.2 Å². The number of piperidine rings is 1. The first kappa shape index (κ1) is 15.4. The Bertz CT molecular complexity index is 463. The molecule has 112 valence electrons. The van der Waals surface area contributed by atoms with Crippen molar-refractivity contribution in [3.63, 3.8) is 0 Å². The van der Waals surface area contributed by atoms with E-state index < -0.39 is 5.41 Å². The highest BCUT2D eigenvalue weighted by Gasteiger charge is 2.40. The zero-order chi connectivity index (χ0) is 14.6. The van der Waals surface area contributed by atoms with E-state index in [0.717, 1.165) is 38.2 Å². The predicted molar refractivity (Wildman–Crippen MR) is 79.5 cm³/mol. The lowest BCUT2D eigenvalue weighted by molar-refractivity contribution is -0.132. The summed E-state index contributed by atoms with van der Waals surface area (Å²) in [6.07, 6.45) is 2.57. The second-order valence-corrected chi connectivity index (χ2v) is 6.50. The molecule has 0 spiro atoms. The van der Waals surface area contributed by atoms with Crippen LogP contribution in [0.25, 0.3) is 0 Å². The molecule has 1 aliphatic heterocycles. The number of amides is 1. The summed E-state index contributed by atoms with van der Waals surface area (Å²) in [4.78, 5) is 19.8. The number of nitrogens with two attached hydrogens (primary N) is 1. The third-order valence-electron chi connectivity index (χ3n) is 4.18. The Morgan fingerprint density at radius 1 is 1.65 bits per heavy atom. The van der Waals surface area contributed by atoms with Gasteiger partial charge >= 0.3 is 0 Å². The molecule has 0 aromatic carbocycles. The number of rotatable bonds is 6. The van der Waals surface area contributed by atoms with Crippen molar-refractivity contribution < 1.29 is 9.53 Å². The van der Waals surface area contributed by atoms with Gasteiger partial charge in [-0.25, -0.2) is 4.98 Å². The highest BCUT2D eigenvalue weighted by molar-refractivity contribution is 7.09. The lowest BCUT2D eigenvalue weighted by Crippen LogP contribution is -2.50. The molecule has 0 aliphatic carbocycles. The molecule has 5 nitrogen and oxygen atoms in total. The van der Waals surface area contributed by atoms with E-state index in [1.807, 2.05) is 12.4 Å². The largest absolute Gasteiger partial charge is 0.385 e. The number of hydrogen-bond acceptors (Lipinski definition) is 5. The van der Waals surface area contributed by atoms with Crippen LogP contribution in [-0.4, -0.2) is 42.6 Å². The van der Waals surface area contributed by atoms with E-state index in [9.17, 15) is 4.79 Å². The van der Waals surface area contributed by atoms with Gasteiger partial charge in [0.2, 0.25) is 5.91 Å². The van der Waals surface area contributed by atoms with Crippen LogP contribution in [0.2, 0.25) is 0 Å². The van der Waals surface area contributed by atoms with E-state index in [1.165, 1.54) is 4.88 Å². The maximum absolute atomic E-state index is 11.9. The number of methoxy groups -OCH3 is 1. The van der Waals surface area contributed by atoms with Gasteiger partial charge in [-0.3, -0.25) is 9.69 Å². The Morgan fingerprint density at radius 2 is 2.45 bits per heavy atom. The average molecular weight is 297 g/mol. The van der Waals surface area contributed by atoms with Gasteiger partial charge in [0.1, 0.15) is 0 Å². The summed E-state index contributed by atoms with van der Waals surface area (Å²) < 4.78 is 5.15. The molecule has 0 radical (unpaired) electrons. The number of carbonyl (C=O) groups excluding carboxylic acids is 1. The van der Waals surface area contributed by atoms with Crippen LogP contribution in [0.15, 0.2) is 5.51 Å².